The van der Waals surface area contributed by atoms with E-state index in [0.29, 0.717) is 0 Å². The van der Waals surface area contributed by atoms with Crippen molar-refractivity contribution in [2.24, 2.45) is 16.3 Å². The van der Waals surface area contributed by atoms with Gasteiger partial charge in [-0.15, -0.1) is 24.0 Å². The fourth-order valence-corrected chi connectivity index (χ4v) is 3.15. The van der Waals surface area contributed by atoms with Crippen LogP contribution in [-0.2, 0) is 9.53 Å². The van der Waals surface area contributed by atoms with Gasteiger partial charge in [-0.25, -0.2) is 4.99 Å². The van der Waals surface area contributed by atoms with Crippen molar-refractivity contribution >= 4 is 35.8 Å². The van der Waals surface area contributed by atoms with Crippen molar-refractivity contribution in [3.8, 4) is 0 Å². The van der Waals surface area contributed by atoms with Gasteiger partial charge in [-0.3, -0.25) is 4.79 Å². The number of hydrogen-bond acceptors (Lipinski definition) is 3. The highest BCUT2D eigenvalue weighted by Crippen LogP contribution is 2.38. The van der Waals surface area contributed by atoms with Crippen molar-refractivity contribution in [1.82, 2.24) is 15.5 Å². The number of nitrogens with one attached hydrogen (secondary N) is 2. The zero-order valence-electron chi connectivity index (χ0n) is 17.3. The van der Waals surface area contributed by atoms with Gasteiger partial charge in [0.2, 0.25) is 5.91 Å². The van der Waals surface area contributed by atoms with Crippen LogP contribution in [0.2, 0.25) is 0 Å². The van der Waals surface area contributed by atoms with Crippen LogP contribution < -0.4 is 10.6 Å². The Labute approximate surface area is 176 Å². The Morgan fingerprint density at radius 2 is 1.88 bits per heavy atom. The van der Waals surface area contributed by atoms with E-state index in [1.54, 1.807) is 19.0 Å². The lowest BCUT2D eigenvalue weighted by Crippen LogP contribution is -2.45. The van der Waals surface area contributed by atoms with E-state index >= 15 is 0 Å². The Bertz CT molecular complexity index is 422. The van der Waals surface area contributed by atoms with Crippen molar-refractivity contribution < 1.29 is 9.53 Å². The summed E-state index contributed by atoms with van der Waals surface area (Å²) in [4.78, 5) is 17.8. The molecule has 0 atom stereocenters. The number of carbonyl (C=O) groups excluding carboxylic acids is 1. The van der Waals surface area contributed by atoms with E-state index in [-0.39, 0.29) is 41.8 Å². The number of hydrogen-bond donors (Lipinski definition) is 2. The highest BCUT2D eigenvalue weighted by atomic mass is 127. The lowest BCUT2D eigenvalue weighted by atomic mass is 9.78. The molecular weight excluding hydrogens is 443 g/mol. The number of likely N-dealkylation sites (N-methyl/N-ethyl adjacent to an activating group) is 1. The van der Waals surface area contributed by atoms with E-state index in [1.807, 2.05) is 6.92 Å². The van der Waals surface area contributed by atoms with Crippen LogP contribution in [0.1, 0.15) is 52.9 Å². The van der Waals surface area contributed by atoms with E-state index in [9.17, 15) is 4.79 Å². The van der Waals surface area contributed by atoms with Crippen molar-refractivity contribution in [2.75, 3.05) is 46.9 Å². The summed E-state index contributed by atoms with van der Waals surface area (Å²) in [5, 5.41) is 6.77. The minimum atomic E-state index is 0. The molecule has 0 aliphatic heterocycles. The number of nitrogens with zero attached hydrogens (tertiary/aromatic N) is 2. The molecule has 0 radical (unpaired) electrons. The molecule has 1 saturated carbocycles. The molecule has 1 fully saturated rings. The standard InChI is InChI=1S/C19H38N4O2.HI/c1-6-25-13-9-12-20-18(21-14-17(24)23(4)5)22-15-19(2,3)16-10-7-8-11-16;/h16H,6-15H2,1-5H3,(H2,20,21,22);1H. The van der Waals surface area contributed by atoms with Gasteiger partial charge in [-0.2, -0.15) is 0 Å². The first-order chi connectivity index (χ1) is 11.9. The van der Waals surface area contributed by atoms with Crippen LogP contribution in [0.5, 0.6) is 0 Å². The van der Waals surface area contributed by atoms with Crippen molar-refractivity contribution in [2.45, 2.75) is 52.9 Å². The summed E-state index contributed by atoms with van der Waals surface area (Å²) in [7, 11) is 3.51. The van der Waals surface area contributed by atoms with Gasteiger partial charge >= 0.3 is 0 Å². The average Bonchev–Trinajstić information content (AvgIpc) is 3.11. The van der Waals surface area contributed by atoms with Crippen molar-refractivity contribution in [3.63, 3.8) is 0 Å². The first-order valence-electron chi connectivity index (χ1n) is 9.67. The number of halogens is 1. The van der Waals surface area contributed by atoms with Gasteiger partial charge in [0.1, 0.15) is 6.54 Å². The highest BCUT2D eigenvalue weighted by Gasteiger charge is 2.31. The van der Waals surface area contributed by atoms with Gasteiger partial charge in [0.05, 0.1) is 0 Å². The number of ether oxygens (including phenoxy) is 1. The monoisotopic (exact) mass is 482 g/mol. The molecule has 0 saturated heterocycles. The second-order valence-corrected chi connectivity index (χ2v) is 7.75. The number of aliphatic imine (C=N–C) groups is 1. The van der Waals surface area contributed by atoms with Gasteiger partial charge < -0.3 is 20.3 Å². The molecule has 0 unspecified atom stereocenters. The molecule has 154 valence electrons. The van der Waals surface area contributed by atoms with Crippen LogP contribution in [0.3, 0.4) is 0 Å². The molecule has 0 bridgehead atoms. The smallest absolute Gasteiger partial charge is 0.243 e. The van der Waals surface area contributed by atoms with E-state index in [4.69, 9.17) is 4.74 Å². The quantitative estimate of drug-likeness (QED) is 0.218. The molecule has 26 heavy (non-hydrogen) atoms. The minimum absolute atomic E-state index is 0. The van der Waals surface area contributed by atoms with E-state index < -0.39 is 0 Å². The molecule has 7 heteroatoms. The summed E-state index contributed by atoms with van der Waals surface area (Å²) in [6, 6.07) is 0. The minimum Gasteiger partial charge on any atom is -0.382 e. The lowest BCUT2D eigenvalue weighted by molar-refractivity contribution is -0.127. The molecule has 1 aliphatic rings. The van der Waals surface area contributed by atoms with Crippen LogP contribution in [0.4, 0.5) is 0 Å². The summed E-state index contributed by atoms with van der Waals surface area (Å²) in [5.74, 6) is 1.49. The van der Waals surface area contributed by atoms with Crippen LogP contribution in [-0.4, -0.2) is 63.7 Å². The summed E-state index contributed by atoms with van der Waals surface area (Å²) in [5.41, 5.74) is 0.232. The number of guanidine groups is 1. The first kappa shape index (κ1) is 25.4. The molecule has 0 aromatic rings. The maximum absolute atomic E-state index is 11.8. The zero-order valence-corrected chi connectivity index (χ0v) is 19.6. The summed E-state index contributed by atoms with van der Waals surface area (Å²) >= 11 is 0. The summed E-state index contributed by atoms with van der Waals surface area (Å²) < 4.78 is 5.37. The average molecular weight is 482 g/mol. The second-order valence-electron chi connectivity index (χ2n) is 7.75. The van der Waals surface area contributed by atoms with Crippen LogP contribution in [0.25, 0.3) is 0 Å². The molecule has 0 spiro atoms. The van der Waals surface area contributed by atoms with Crippen molar-refractivity contribution in [3.05, 3.63) is 0 Å². The molecular formula is C19H39IN4O2. The van der Waals surface area contributed by atoms with E-state index in [1.165, 1.54) is 25.7 Å². The van der Waals surface area contributed by atoms with Crippen molar-refractivity contribution in [1.29, 1.82) is 0 Å². The predicted octanol–water partition coefficient (Wildman–Crippen LogP) is 2.87. The van der Waals surface area contributed by atoms with Gasteiger partial charge in [-0.05, 0) is 37.5 Å². The SMILES string of the molecule is CCOCCCNC(=NCC(=O)N(C)C)NCC(C)(C)C1CCCC1.I. The van der Waals surface area contributed by atoms with Gasteiger partial charge in [0.25, 0.3) is 0 Å². The normalized spacial score (nSPS) is 15.5. The lowest BCUT2D eigenvalue weighted by Gasteiger charge is -2.32. The highest BCUT2D eigenvalue weighted by molar-refractivity contribution is 14.0. The van der Waals surface area contributed by atoms with Crippen LogP contribution >= 0.6 is 24.0 Å². The molecule has 6 nitrogen and oxygen atoms in total. The van der Waals surface area contributed by atoms with Gasteiger partial charge in [-0.1, -0.05) is 26.7 Å². The Morgan fingerprint density at radius 3 is 2.46 bits per heavy atom. The summed E-state index contributed by atoms with van der Waals surface area (Å²) in [6.45, 7) is 9.95. The molecule has 1 rings (SSSR count). The molecule has 2 N–H and O–H groups in total. The second kappa shape index (κ2) is 13.6. The number of rotatable bonds is 10. The third kappa shape index (κ3) is 9.94. The van der Waals surface area contributed by atoms with Gasteiger partial charge in [0, 0.05) is 40.4 Å². The molecule has 0 aromatic heterocycles. The third-order valence-electron chi connectivity index (χ3n) is 5.01. The number of amides is 1. The molecule has 1 aliphatic carbocycles. The molecule has 0 heterocycles. The fraction of sp³-hybridized carbons (Fsp3) is 0.895. The van der Waals surface area contributed by atoms with Crippen LogP contribution in [0, 0.1) is 11.3 Å². The zero-order chi connectivity index (χ0) is 18.7. The Morgan fingerprint density at radius 1 is 1.23 bits per heavy atom. The van der Waals surface area contributed by atoms with E-state index in [2.05, 4.69) is 29.5 Å². The Balaban J connectivity index is 0.00000625. The Kier molecular flexibility index (Phi) is 13.3. The largest absolute Gasteiger partial charge is 0.382 e. The maximum Gasteiger partial charge on any atom is 0.243 e. The molecule has 0 aromatic carbocycles. The van der Waals surface area contributed by atoms with Gasteiger partial charge in [0.15, 0.2) is 5.96 Å². The van der Waals surface area contributed by atoms with Crippen LogP contribution in [0.15, 0.2) is 4.99 Å². The fourth-order valence-electron chi connectivity index (χ4n) is 3.15. The summed E-state index contributed by atoms with van der Waals surface area (Å²) in [6.07, 6.45) is 6.26. The van der Waals surface area contributed by atoms with E-state index in [0.717, 1.165) is 44.6 Å². The topological polar surface area (TPSA) is 66.0 Å². The maximum atomic E-state index is 11.8. The number of carbonyl (C=O) groups is 1. The first-order valence-corrected chi connectivity index (χ1v) is 9.67. The molecule has 1 amide bonds. The predicted molar refractivity (Wildman–Crippen MR) is 119 cm³/mol. The Hall–Kier alpha value is -0.570. The third-order valence-corrected chi connectivity index (χ3v) is 5.01.